The zero-order valence-corrected chi connectivity index (χ0v) is 78.1. The number of allylic oxidation sites excluding steroid dienone is 5. The topological polar surface area (TPSA) is 130 Å². The van der Waals surface area contributed by atoms with Crippen LogP contribution in [0.4, 0.5) is 30.9 Å². The molecular weight excluding hydrogens is 1700 g/mol. The predicted octanol–water partition coefficient (Wildman–Crippen LogP) is 33.3. The first-order chi connectivity index (χ1) is 60.9. The third-order valence-electron chi connectivity index (χ3n) is 21.8. The fraction of sp³-hybridized carbons (Fsp3) is 0.279. The van der Waals surface area contributed by atoms with Crippen LogP contribution >= 0.6 is 42.7 Å². The van der Waals surface area contributed by atoms with Crippen molar-refractivity contribution in [3.63, 3.8) is 0 Å². The Bertz CT molecular complexity index is 6100. The Morgan fingerprint density at radius 2 is 0.754 bits per heavy atom. The Balaban J connectivity index is 0.000000176. The molecule has 4 aliphatic rings. The SMILES string of the molecule is CCCCCC.CCCCCC.CCCCCC.CCCCCC.CN1C(=CC=C2CCCC(C=Cc3sc4ccccc4[n+]3C)=C2Sc2ccccc2)Sc2ccccc21.F[P-](F)(F)(F)(F)F.[O]=[V+2].c1ccc2cc3c(cc2c1)-c1nc-3nc2[n-]c(nc3nc(nc4[n-]c(n1)c1cc5ccccc5cc41)-c1cc4ccccc4cc1-3)c1cc3ccccc3cc21. The van der Waals surface area contributed by atoms with Crippen molar-refractivity contribution in [3.8, 4) is 45.6 Å². The smallest absolute Gasteiger partial charge is 0.0928 e. The summed E-state index contributed by atoms with van der Waals surface area (Å²) in [7, 11) is -6.33. The molecule has 0 unspecified atom stereocenters. The van der Waals surface area contributed by atoms with Crippen molar-refractivity contribution >= 4 is 152 Å². The molecular formula is C104H109F6N10OPS3V. The van der Waals surface area contributed by atoms with Crippen molar-refractivity contribution in [2.24, 2.45) is 7.05 Å². The standard InChI is InChI=1S/C48H24N8.C32H29N2S3.4C6H14.F6P.O.V/c1-2-10-26-18-34-33(17-25(26)9-1)41-49-42(34)54-44-37-21-29-13-5-6-14-30(29)22-38(37)46(51-44)56-48-40-24-32-16-8-7-15-31(32)23-39(40)47(52-48)55-45-36-20-28-12-4-3-11-27(28)19-35(36)43(50-45)53-41;1-33-26-15-6-8-17-28(26)36-30(33)21-19-23-11-10-12-24(32(23)35-25-13-4-3-5-14-25)20-22-31-34(2)27-16-7-9-18-29(27)37-31;4*1-3-5-6-4-2;1-7(2,3,4,5)6;;/h1-24H;3-9,13-22H,10-12H2,1-2H3;4*3-6H2,1-2H3;;;/q-2;+1;;;;;-1;;+2. The van der Waals surface area contributed by atoms with Crippen LogP contribution in [-0.2, 0) is 28.1 Å². The molecule has 1 aliphatic carbocycles. The van der Waals surface area contributed by atoms with Crippen LogP contribution in [0.15, 0.2) is 274 Å². The van der Waals surface area contributed by atoms with E-state index in [2.05, 4.69) is 279 Å². The summed E-state index contributed by atoms with van der Waals surface area (Å²) in [6.45, 7) is 17.9. The summed E-state index contributed by atoms with van der Waals surface area (Å²) in [5.41, 5.74) is 11.1. The van der Waals surface area contributed by atoms with E-state index in [9.17, 15) is 25.2 Å². The molecule has 3 aliphatic heterocycles. The van der Waals surface area contributed by atoms with Gasteiger partial charge in [0.15, 0.2) is 0 Å². The summed E-state index contributed by atoms with van der Waals surface area (Å²) in [6.07, 6.45) is 34.9. The number of benzene rings is 11. The molecule has 11 nitrogen and oxygen atoms in total. The van der Waals surface area contributed by atoms with Gasteiger partial charge in [0.05, 0.1) is 34.0 Å². The van der Waals surface area contributed by atoms with E-state index in [-0.39, 0.29) is 0 Å². The molecule has 0 spiro atoms. The number of halogens is 6. The van der Waals surface area contributed by atoms with Crippen molar-refractivity contribution in [1.29, 1.82) is 0 Å². The second-order valence-electron chi connectivity index (χ2n) is 31.5. The van der Waals surface area contributed by atoms with Gasteiger partial charge in [-0.2, -0.15) is 4.57 Å². The molecule has 7 heterocycles. The summed E-state index contributed by atoms with van der Waals surface area (Å²) < 4.78 is 71.0. The van der Waals surface area contributed by atoms with Crippen LogP contribution in [0.1, 0.15) is 182 Å². The van der Waals surface area contributed by atoms with Crippen LogP contribution < -0.4 is 19.4 Å². The maximum atomic E-state index is 9.87. The van der Waals surface area contributed by atoms with Gasteiger partial charge in [-0.3, -0.25) is 0 Å². The Morgan fingerprint density at radius 1 is 0.421 bits per heavy atom. The van der Waals surface area contributed by atoms with E-state index in [0.717, 1.165) is 117 Å². The maximum absolute atomic E-state index is 10.7. The van der Waals surface area contributed by atoms with Gasteiger partial charge < -0.3 is 34.8 Å². The number of nitrogens with zero attached hydrogens (tertiary/aromatic N) is 10. The number of thioether (sulfide) groups is 2. The van der Waals surface area contributed by atoms with Crippen LogP contribution in [0.5, 0.6) is 0 Å². The average Bonchev–Trinajstić information content (AvgIpc) is 1.58. The minimum Gasteiger partial charge on any atom is -0.357 e. The molecule has 0 radical (unpaired) electrons. The molecule has 22 heteroatoms. The summed E-state index contributed by atoms with van der Waals surface area (Å²) in [6, 6.07) is 78.5. The van der Waals surface area contributed by atoms with Gasteiger partial charge in [0, 0.05) is 78.7 Å². The van der Waals surface area contributed by atoms with Crippen molar-refractivity contribution in [2.45, 2.75) is 187 Å². The first-order valence-corrected chi connectivity index (χ1v) is 49.0. The van der Waals surface area contributed by atoms with Crippen molar-refractivity contribution in [1.82, 2.24) is 39.9 Å². The summed E-state index contributed by atoms with van der Waals surface area (Å²) in [4.78, 5) is 47.9. The van der Waals surface area contributed by atoms with E-state index in [4.69, 9.17) is 43.5 Å². The van der Waals surface area contributed by atoms with E-state index in [1.165, 1.54) is 161 Å². The molecule has 126 heavy (non-hydrogen) atoms. The number of aromatic nitrogens is 9. The average molecular weight is 1810 g/mol. The Morgan fingerprint density at radius 3 is 1.11 bits per heavy atom. The van der Waals surface area contributed by atoms with Gasteiger partial charge in [-0.1, -0.05) is 345 Å². The van der Waals surface area contributed by atoms with Gasteiger partial charge in [-0.15, -0.1) is 0 Å². The minimum atomic E-state index is -10.7. The molecule has 19 rings (SSSR count). The minimum absolute atomic E-state index is 0.535. The number of hydrogen-bond acceptors (Lipinski definition) is 11. The van der Waals surface area contributed by atoms with Crippen LogP contribution in [0.2, 0.25) is 0 Å². The zero-order valence-electron chi connectivity index (χ0n) is 73.4. The number of hydrogen-bond donors (Lipinski definition) is 0. The van der Waals surface area contributed by atoms with Gasteiger partial charge >= 0.3 is 54.0 Å². The van der Waals surface area contributed by atoms with Gasteiger partial charge in [0.2, 0.25) is 5.52 Å². The third kappa shape index (κ3) is 25.1. The molecule has 0 atom stereocenters. The van der Waals surface area contributed by atoms with Gasteiger partial charge in [-0.05, 0) is 180 Å². The Labute approximate surface area is 757 Å². The van der Waals surface area contributed by atoms with E-state index < -0.39 is 7.81 Å². The van der Waals surface area contributed by atoms with E-state index in [1.807, 2.05) is 83.4 Å². The second-order valence-corrected chi connectivity index (χ2v) is 36.6. The fourth-order valence-electron chi connectivity index (χ4n) is 15.2. The number of rotatable bonds is 17. The molecule has 0 fully saturated rings. The molecule has 11 aromatic carbocycles. The number of aryl methyl sites for hydroxylation is 1. The Kier molecular flexibility index (Phi) is 33.0. The summed E-state index contributed by atoms with van der Waals surface area (Å²) in [5.74, 6) is 2.14. The largest absolute Gasteiger partial charge is 0.357 e. The van der Waals surface area contributed by atoms with Crippen molar-refractivity contribution < 1.29 is 50.8 Å². The zero-order chi connectivity index (χ0) is 89.4. The predicted molar refractivity (Wildman–Crippen MR) is 520 cm³/mol. The van der Waals surface area contributed by atoms with Crippen molar-refractivity contribution in [3.05, 3.63) is 269 Å². The van der Waals surface area contributed by atoms with E-state index >= 15 is 0 Å². The number of anilines is 1. The normalized spacial score (nSPS) is 13.8. The monoisotopic (exact) mass is 1810 g/mol. The summed E-state index contributed by atoms with van der Waals surface area (Å²) >= 11 is 6.67. The Hall–Kier alpha value is -10.4. The molecule has 4 aromatic heterocycles. The molecule has 651 valence electrons. The molecule has 15 aromatic rings. The molecule has 0 saturated carbocycles. The number of thiazole rings is 1. The molecule has 0 N–H and O–H groups in total. The quantitative estimate of drug-likeness (QED) is 0.0372. The van der Waals surface area contributed by atoms with Crippen LogP contribution in [0.3, 0.4) is 0 Å². The van der Waals surface area contributed by atoms with Crippen molar-refractivity contribution in [2.75, 3.05) is 11.9 Å². The summed E-state index contributed by atoms with van der Waals surface area (Å²) in [5, 5.41) is 14.8. The third-order valence-corrected chi connectivity index (χ3v) is 25.4. The fourth-order valence-corrected chi connectivity index (χ4v) is 18.5. The van der Waals surface area contributed by atoms with Gasteiger partial charge in [0.1, 0.15) is 11.7 Å². The number of para-hydroxylation sites is 2. The van der Waals surface area contributed by atoms with Crippen LogP contribution in [-0.4, -0.2) is 37.0 Å². The molecule has 0 saturated heterocycles. The number of fused-ring (bicyclic) bond motifs is 26. The van der Waals surface area contributed by atoms with E-state index in [0.29, 0.717) is 45.9 Å². The van der Waals surface area contributed by atoms with Gasteiger partial charge in [-0.25, -0.2) is 9.97 Å². The van der Waals surface area contributed by atoms with Crippen LogP contribution in [0, 0.1) is 0 Å². The first-order valence-electron chi connectivity index (χ1n) is 44.0. The van der Waals surface area contributed by atoms with E-state index in [1.54, 1.807) is 0 Å². The van der Waals surface area contributed by atoms with Crippen LogP contribution in [0.25, 0.3) is 149 Å². The number of unbranched alkanes of at least 4 members (excludes halogenated alkanes) is 12. The second kappa shape index (κ2) is 43.8. The maximum Gasteiger partial charge on any atom is 0.0928 e. The molecule has 0 amide bonds. The van der Waals surface area contributed by atoms with Gasteiger partial charge in [0.25, 0.3) is 5.01 Å². The first kappa shape index (κ1) is 94.7. The molecule has 8 bridgehead atoms.